The normalized spacial score (nSPS) is 11.7. The Balaban J connectivity index is 2.04. The summed E-state index contributed by atoms with van der Waals surface area (Å²) in [4.78, 5) is 0. The summed E-state index contributed by atoms with van der Waals surface area (Å²) in [7, 11) is 0. The minimum Gasteiger partial charge on any atom is -0.395 e. The van der Waals surface area contributed by atoms with E-state index in [1.165, 1.54) is 0 Å². The summed E-state index contributed by atoms with van der Waals surface area (Å²) in [5.74, 6) is 0.601. The fraction of sp³-hybridized carbons (Fsp3) is 0.182. The molecule has 8 nitrogen and oxygen atoms in total. The van der Waals surface area contributed by atoms with Gasteiger partial charge in [0.05, 0.1) is 5.69 Å². The van der Waals surface area contributed by atoms with E-state index in [0.29, 0.717) is 39.5 Å². The number of benzene rings is 1. The Kier molecular flexibility index (Phi) is 2.48. The van der Waals surface area contributed by atoms with Crippen molar-refractivity contribution in [2.75, 3.05) is 5.73 Å². The van der Waals surface area contributed by atoms with Crippen LogP contribution in [-0.2, 0) is 0 Å². The van der Waals surface area contributed by atoms with Gasteiger partial charge in [-0.25, -0.2) is 4.63 Å². The largest absolute Gasteiger partial charge is 0.395 e. The maximum atomic E-state index is 5.92. The van der Waals surface area contributed by atoms with Crippen LogP contribution in [0.25, 0.3) is 11.0 Å². The second-order valence-corrected chi connectivity index (χ2v) is 4.00. The van der Waals surface area contributed by atoms with Crippen LogP contribution in [0.15, 0.2) is 31.5 Å². The van der Waals surface area contributed by atoms with E-state index < -0.39 is 0 Å². The van der Waals surface area contributed by atoms with Gasteiger partial charge >= 0.3 is 0 Å². The van der Waals surface area contributed by atoms with Gasteiger partial charge in [-0.05, 0) is 36.3 Å². The monoisotopic (exact) mass is 258 g/mol. The fourth-order valence-electron chi connectivity index (χ4n) is 1.67. The Hall–Kier alpha value is -2.77. The van der Waals surface area contributed by atoms with Gasteiger partial charge in [-0.3, -0.25) is 0 Å². The summed E-state index contributed by atoms with van der Waals surface area (Å²) < 4.78 is 9.61. The molecule has 8 heteroatoms. The highest BCUT2D eigenvalue weighted by Crippen LogP contribution is 2.31. The number of aryl methyl sites for hydroxylation is 2. The molecule has 0 aliphatic rings. The summed E-state index contributed by atoms with van der Waals surface area (Å²) in [6.45, 7) is 3.56. The average Bonchev–Trinajstić information content (AvgIpc) is 2.98. The fourth-order valence-corrected chi connectivity index (χ4v) is 1.67. The number of hydrogen-bond donors (Lipinski definition) is 1. The zero-order valence-electron chi connectivity index (χ0n) is 10.3. The molecule has 19 heavy (non-hydrogen) atoms. The third-order valence-electron chi connectivity index (χ3n) is 2.70. The molecule has 0 amide bonds. The van der Waals surface area contributed by atoms with Gasteiger partial charge in [-0.15, -0.1) is 10.2 Å². The first-order chi connectivity index (χ1) is 9.16. The van der Waals surface area contributed by atoms with Gasteiger partial charge < -0.3 is 10.3 Å². The SMILES string of the molecule is Cc1noc(C)c1N=Nc1ccc2nonc2c1N. The molecule has 2 aromatic heterocycles. The number of nitrogen functional groups attached to an aromatic ring is 1. The maximum Gasteiger partial charge on any atom is 0.161 e. The molecule has 2 N–H and O–H groups in total. The van der Waals surface area contributed by atoms with Crippen molar-refractivity contribution in [3.63, 3.8) is 0 Å². The first kappa shape index (κ1) is 11.3. The van der Waals surface area contributed by atoms with Crippen molar-refractivity contribution < 1.29 is 9.15 Å². The molecule has 0 aliphatic carbocycles. The minimum absolute atomic E-state index is 0.370. The molecule has 0 atom stereocenters. The van der Waals surface area contributed by atoms with E-state index in [1.54, 1.807) is 26.0 Å². The Bertz CT molecular complexity index is 753. The molecule has 0 saturated carbocycles. The number of nitrogens with two attached hydrogens (primary N) is 1. The van der Waals surface area contributed by atoms with E-state index in [0.717, 1.165) is 0 Å². The van der Waals surface area contributed by atoms with Crippen LogP contribution in [0.2, 0.25) is 0 Å². The lowest BCUT2D eigenvalue weighted by molar-refractivity contribution is 0.315. The quantitative estimate of drug-likeness (QED) is 0.558. The van der Waals surface area contributed by atoms with Gasteiger partial charge in [0.15, 0.2) is 17.0 Å². The van der Waals surface area contributed by atoms with Crippen molar-refractivity contribution in [3.05, 3.63) is 23.6 Å². The van der Waals surface area contributed by atoms with Crippen molar-refractivity contribution in [2.24, 2.45) is 10.2 Å². The topological polar surface area (TPSA) is 116 Å². The molecule has 3 rings (SSSR count). The molecule has 1 aromatic carbocycles. The average molecular weight is 258 g/mol. The lowest BCUT2D eigenvalue weighted by atomic mass is 10.2. The van der Waals surface area contributed by atoms with Crippen LogP contribution in [0.4, 0.5) is 17.1 Å². The molecule has 0 fully saturated rings. The first-order valence-corrected chi connectivity index (χ1v) is 5.52. The number of fused-ring (bicyclic) bond motifs is 1. The second-order valence-electron chi connectivity index (χ2n) is 4.00. The van der Waals surface area contributed by atoms with Crippen LogP contribution in [0.5, 0.6) is 0 Å². The Morgan fingerprint density at radius 1 is 1.11 bits per heavy atom. The smallest absolute Gasteiger partial charge is 0.161 e. The lowest BCUT2D eigenvalue weighted by Crippen LogP contribution is -1.87. The molecule has 0 radical (unpaired) electrons. The molecular weight excluding hydrogens is 248 g/mol. The van der Waals surface area contributed by atoms with Gasteiger partial charge in [0, 0.05) is 0 Å². The number of hydrogen-bond acceptors (Lipinski definition) is 8. The first-order valence-electron chi connectivity index (χ1n) is 5.52. The van der Waals surface area contributed by atoms with Crippen molar-refractivity contribution >= 4 is 28.1 Å². The van der Waals surface area contributed by atoms with E-state index in [1.807, 2.05) is 0 Å². The lowest BCUT2D eigenvalue weighted by Gasteiger charge is -1.97. The standard InChI is InChI=1S/C11H10N6O2/c1-5-10(6(2)18-15-5)14-13-7-3-4-8-11(9(7)12)17-19-16-8/h3-4H,12H2,1-2H3. The highest BCUT2D eigenvalue weighted by atomic mass is 16.6. The molecule has 2 heterocycles. The summed E-state index contributed by atoms with van der Waals surface area (Å²) in [5, 5.41) is 19.4. The van der Waals surface area contributed by atoms with Crippen LogP contribution in [0.1, 0.15) is 11.5 Å². The van der Waals surface area contributed by atoms with E-state index >= 15 is 0 Å². The molecule has 3 aromatic rings. The van der Waals surface area contributed by atoms with Crippen molar-refractivity contribution in [2.45, 2.75) is 13.8 Å². The predicted octanol–water partition coefficient (Wildman–Crippen LogP) is 2.83. The number of anilines is 1. The van der Waals surface area contributed by atoms with Crippen LogP contribution < -0.4 is 5.73 Å². The van der Waals surface area contributed by atoms with Crippen molar-refractivity contribution in [1.29, 1.82) is 0 Å². The highest BCUT2D eigenvalue weighted by Gasteiger charge is 2.10. The molecule has 0 saturated heterocycles. The van der Waals surface area contributed by atoms with Crippen LogP contribution in [-0.4, -0.2) is 15.5 Å². The molecule has 0 unspecified atom stereocenters. The number of nitrogens with zero attached hydrogens (tertiary/aromatic N) is 5. The number of rotatable bonds is 2. The van der Waals surface area contributed by atoms with Crippen molar-refractivity contribution in [3.8, 4) is 0 Å². The summed E-state index contributed by atoms with van der Waals surface area (Å²) in [6.07, 6.45) is 0. The Morgan fingerprint density at radius 3 is 2.68 bits per heavy atom. The molecule has 0 bridgehead atoms. The molecular formula is C11H10N6O2. The number of aromatic nitrogens is 3. The Labute approximate surface area is 107 Å². The highest BCUT2D eigenvalue weighted by molar-refractivity contribution is 5.92. The zero-order valence-corrected chi connectivity index (χ0v) is 10.3. The van der Waals surface area contributed by atoms with Crippen LogP contribution >= 0.6 is 0 Å². The van der Waals surface area contributed by atoms with Gasteiger partial charge in [0.2, 0.25) is 0 Å². The summed E-state index contributed by atoms with van der Waals surface area (Å²) in [5.41, 5.74) is 9.09. The number of azo groups is 1. The second kappa shape index (κ2) is 4.16. The van der Waals surface area contributed by atoms with E-state index in [2.05, 4.69) is 30.3 Å². The van der Waals surface area contributed by atoms with E-state index in [9.17, 15) is 0 Å². The van der Waals surface area contributed by atoms with Crippen LogP contribution in [0, 0.1) is 13.8 Å². The maximum absolute atomic E-state index is 5.92. The van der Waals surface area contributed by atoms with Crippen LogP contribution in [0.3, 0.4) is 0 Å². The zero-order chi connectivity index (χ0) is 13.4. The van der Waals surface area contributed by atoms with Crippen molar-refractivity contribution in [1.82, 2.24) is 15.5 Å². The van der Waals surface area contributed by atoms with Gasteiger partial charge in [-0.1, -0.05) is 5.16 Å². The predicted molar refractivity (Wildman–Crippen MR) is 66.4 cm³/mol. The summed E-state index contributed by atoms with van der Waals surface area (Å²) >= 11 is 0. The molecule has 0 spiro atoms. The molecule has 0 aliphatic heterocycles. The minimum atomic E-state index is 0.370. The third kappa shape index (κ3) is 1.82. The van der Waals surface area contributed by atoms with E-state index in [4.69, 9.17) is 10.3 Å². The third-order valence-corrected chi connectivity index (χ3v) is 2.70. The molecule has 96 valence electrons. The summed E-state index contributed by atoms with van der Waals surface area (Å²) in [6, 6.07) is 3.41. The van der Waals surface area contributed by atoms with E-state index in [-0.39, 0.29) is 0 Å². The van der Waals surface area contributed by atoms with Gasteiger partial charge in [0.1, 0.15) is 16.9 Å². The van der Waals surface area contributed by atoms with Gasteiger partial charge in [-0.2, -0.15) is 0 Å². The Morgan fingerprint density at radius 2 is 1.95 bits per heavy atom. The van der Waals surface area contributed by atoms with Gasteiger partial charge in [0.25, 0.3) is 0 Å².